The lowest BCUT2D eigenvalue weighted by Crippen LogP contribution is -2.34. The largest absolute Gasteiger partial charge is 0.497 e. The second-order valence-electron chi connectivity index (χ2n) is 7.59. The average molecular weight is 517 g/mol. The summed E-state index contributed by atoms with van der Waals surface area (Å²) in [5.41, 5.74) is 0.919. The lowest BCUT2D eigenvalue weighted by molar-refractivity contribution is -0.136. The number of ether oxygens (including phenoxy) is 2. The van der Waals surface area contributed by atoms with E-state index < -0.39 is 23.7 Å². The van der Waals surface area contributed by atoms with Crippen LogP contribution < -0.4 is 20.7 Å². The summed E-state index contributed by atoms with van der Waals surface area (Å²) in [6, 6.07) is 17.4. The Balaban J connectivity index is 1.53. The van der Waals surface area contributed by atoms with Gasteiger partial charge in [0.25, 0.3) is 5.91 Å². The van der Waals surface area contributed by atoms with Gasteiger partial charge in [0, 0.05) is 17.5 Å². The van der Waals surface area contributed by atoms with Crippen LogP contribution >= 0.6 is 0 Å². The number of furan rings is 1. The number of carbonyl (C=O) groups is 4. The van der Waals surface area contributed by atoms with E-state index in [-0.39, 0.29) is 24.5 Å². The van der Waals surface area contributed by atoms with E-state index in [4.69, 9.17) is 13.9 Å². The quantitative estimate of drug-likeness (QED) is 0.169. The van der Waals surface area contributed by atoms with Gasteiger partial charge in [-0.2, -0.15) is 5.26 Å². The van der Waals surface area contributed by atoms with Gasteiger partial charge >= 0.3 is 17.8 Å². The van der Waals surface area contributed by atoms with Crippen LogP contribution in [0.4, 0.5) is 11.4 Å². The van der Waals surface area contributed by atoms with Crippen LogP contribution in [-0.2, 0) is 25.7 Å². The van der Waals surface area contributed by atoms with E-state index in [1.807, 2.05) is 6.07 Å². The molecule has 0 atom stereocenters. The molecule has 0 aliphatic carbocycles. The molecule has 3 aromatic rings. The Morgan fingerprint density at radius 2 is 1.53 bits per heavy atom. The SMILES string of the molecule is CCOC(=O)c1ccc(NC(=O)C(=O)NCc2ccc(/C=C(/C#N)C(=O)Nc3ccc(OC)cc3)o2)cc1. The summed E-state index contributed by atoms with van der Waals surface area (Å²) >= 11 is 0. The van der Waals surface area contributed by atoms with Gasteiger partial charge in [-0.25, -0.2) is 4.79 Å². The number of nitriles is 1. The minimum atomic E-state index is -0.914. The Kier molecular flexibility index (Phi) is 9.37. The number of carbonyl (C=O) groups excluding carboxylic acids is 4. The number of hydrogen-bond acceptors (Lipinski definition) is 8. The van der Waals surface area contributed by atoms with Gasteiger partial charge in [0.2, 0.25) is 0 Å². The zero-order valence-corrected chi connectivity index (χ0v) is 20.6. The van der Waals surface area contributed by atoms with E-state index in [0.29, 0.717) is 28.4 Å². The van der Waals surface area contributed by atoms with Gasteiger partial charge in [-0.1, -0.05) is 0 Å². The van der Waals surface area contributed by atoms with E-state index in [0.717, 1.165) is 0 Å². The second-order valence-corrected chi connectivity index (χ2v) is 7.59. The third-order valence-electron chi connectivity index (χ3n) is 4.97. The van der Waals surface area contributed by atoms with Crippen molar-refractivity contribution in [1.29, 1.82) is 5.26 Å². The maximum atomic E-state index is 12.4. The Labute approximate surface area is 218 Å². The van der Waals surface area contributed by atoms with Gasteiger partial charge in [0.05, 0.1) is 25.8 Å². The van der Waals surface area contributed by atoms with E-state index >= 15 is 0 Å². The first kappa shape index (κ1) is 27.2. The molecule has 38 heavy (non-hydrogen) atoms. The normalized spacial score (nSPS) is 10.6. The van der Waals surface area contributed by atoms with E-state index in [9.17, 15) is 24.4 Å². The zero-order valence-electron chi connectivity index (χ0n) is 20.6. The van der Waals surface area contributed by atoms with Crippen LogP contribution in [0, 0.1) is 11.3 Å². The summed E-state index contributed by atoms with van der Waals surface area (Å²) in [6.07, 6.45) is 1.26. The molecule has 2 aromatic carbocycles. The molecule has 0 saturated carbocycles. The number of nitrogens with zero attached hydrogens (tertiary/aromatic N) is 1. The van der Waals surface area contributed by atoms with Gasteiger partial charge in [-0.05, 0) is 67.6 Å². The van der Waals surface area contributed by atoms with Gasteiger partial charge in [0.15, 0.2) is 0 Å². The van der Waals surface area contributed by atoms with E-state index in [2.05, 4.69) is 16.0 Å². The van der Waals surface area contributed by atoms with Crippen LogP contribution in [0.25, 0.3) is 6.08 Å². The Morgan fingerprint density at radius 1 is 0.895 bits per heavy atom. The number of amides is 3. The van der Waals surface area contributed by atoms with Crippen molar-refractivity contribution in [2.24, 2.45) is 0 Å². The molecule has 0 spiro atoms. The van der Waals surface area contributed by atoms with Gasteiger partial charge in [0.1, 0.15) is 28.9 Å². The second kappa shape index (κ2) is 13.1. The molecule has 0 aliphatic heterocycles. The van der Waals surface area contributed by atoms with Crippen molar-refractivity contribution < 1.29 is 33.1 Å². The Morgan fingerprint density at radius 3 is 2.13 bits per heavy atom. The van der Waals surface area contributed by atoms with Gasteiger partial charge < -0.3 is 29.8 Å². The predicted octanol–water partition coefficient (Wildman–Crippen LogP) is 3.27. The van der Waals surface area contributed by atoms with E-state index in [1.165, 1.54) is 49.6 Å². The highest BCUT2D eigenvalue weighted by Crippen LogP contribution is 2.17. The molecule has 3 rings (SSSR count). The molecule has 0 aliphatic rings. The molecule has 1 aromatic heterocycles. The number of benzene rings is 2. The molecule has 0 bridgehead atoms. The van der Waals surface area contributed by atoms with Crippen molar-refractivity contribution in [2.75, 3.05) is 24.4 Å². The standard InChI is InChI=1S/C27H24N4O7/c1-3-37-27(35)17-4-6-19(7-5-17)31-26(34)25(33)29-16-23-13-12-22(38-23)14-18(15-28)24(32)30-20-8-10-21(36-2)11-9-20/h4-14H,3,16H2,1-2H3,(H,29,33)(H,30,32)(H,31,34)/b18-14-. The van der Waals surface area contributed by atoms with Crippen molar-refractivity contribution in [2.45, 2.75) is 13.5 Å². The molecule has 11 heteroatoms. The topological polar surface area (TPSA) is 160 Å². The smallest absolute Gasteiger partial charge is 0.338 e. The summed E-state index contributed by atoms with van der Waals surface area (Å²) in [5.74, 6) is -1.82. The first-order chi connectivity index (χ1) is 18.3. The minimum Gasteiger partial charge on any atom is -0.497 e. The lowest BCUT2D eigenvalue weighted by atomic mass is 10.2. The Bertz CT molecular complexity index is 1380. The summed E-state index contributed by atoms with van der Waals surface area (Å²) < 4.78 is 15.5. The first-order valence-corrected chi connectivity index (χ1v) is 11.3. The third-order valence-corrected chi connectivity index (χ3v) is 4.97. The molecule has 3 amide bonds. The molecule has 194 valence electrons. The van der Waals surface area contributed by atoms with Crippen LogP contribution in [0.2, 0.25) is 0 Å². The van der Waals surface area contributed by atoms with E-state index in [1.54, 1.807) is 31.2 Å². The summed E-state index contributed by atoms with van der Waals surface area (Å²) in [5, 5.41) is 16.8. The zero-order chi connectivity index (χ0) is 27.5. The van der Waals surface area contributed by atoms with Gasteiger partial charge in [-0.15, -0.1) is 0 Å². The Hall–Kier alpha value is -5.37. The minimum absolute atomic E-state index is 0.109. The van der Waals surface area contributed by atoms with Crippen LogP contribution in [0.5, 0.6) is 5.75 Å². The highest BCUT2D eigenvalue weighted by molar-refractivity contribution is 6.39. The molecular formula is C27H24N4O7. The fourth-order valence-corrected chi connectivity index (χ4v) is 3.07. The van der Waals surface area contributed by atoms with Crippen molar-refractivity contribution in [3.05, 3.63) is 83.3 Å². The molecule has 1 heterocycles. The van der Waals surface area contributed by atoms with Crippen molar-refractivity contribution in [3.8, 4) is 11.8 Å². The molecule has 0 unspecified atom stereocenters. The molecule has 3 N–H and O–H groups in total. The maximum Gasteiger partial charge on any atom is 0.338 e. The van der Waals surface area contributed by atoms with Crippen molar-refractivity contribution in [1.82, 2.24) is 5.32 Å². The number of esters is 1. The number of hydrogen-bond donors (Lipinski definition) is 3. The van der Waals surface area contributed by atoms with Crippen LogP contribution in [0.15, 0.2) is 70.7 Å². The van der Waals surface area contributed by atoms with Crippen LogP contribution in [0.1, 0.15) is 28.8 Å². The fourth-order valence-electron chi connectivity index (χ4n) is 3.07. The molecular weight excluding hydrogens is 492 g/mol. The van der Waals surface area contributed by atoms with Crippen LogP contribution in [-0.4, -0.2) is 37.4 Å². The summed E-state index contributed by atoms with van der Waals surface area (Å²) in [4.78, 5) is 48.4. The lowest BCUT2D eigenvalue weighted by Gasteiger charge is -2.07. The monoisotopic (exact) mass is 516 g/mol. The number of nitrogens with one attached hydrogen (secondary N) is 3. The maximum absolute atomic E-state index is 12.4. The van der Waals surface area contributed by atoms with Gasteiger partial charge in [-0.3, -0.25) is 14.4 Å². The molecule has 0 radical (unpaired) electrons. The highest BCUT2D eigenvalue weighted by Gasteiger charge is 2.16. The fraction of sp³-hybridized carbons (Fsp3) is 0.148. The molecule has 0 fully saturated rings. The summed E-state index contributed by atoms with van der Waals surface area (Å²) in [6.45, 7) is 1.82. The molecule has 11 nitrogen and oxygen atoms in total. The predicted molar refractivity (Wildman–Crippen MR) is 137 cm³/mol. The highest BCUT2D eigenvalue weighted by atomic mass is 16.5. The average Bonchev–Trinajstić information content (AvgIpc) is 3.38. The van der Waals surface area contributed by atoms with Crippen LogP contribution in [0.3, 0.4) is 0 Å². The summed E-state index contributed by atoms with van der Waals surface area (Å²) in [7, 11) is 1.53. The first-order valence-electron chi connectivity index (χ1n) is 11.3. The molecule has 0 saturated heterocycles. The number of methoxy groups -OCH3 is 1. The number of rotatable bonds is 9. The van der Waals surface area contributed by atoms with Crippen molar-refractivity contribution >= 4 is 41.1 Å². The third kappa shape index (κ3) is 7.56. The number of anilines is 2. The van der Waals surface area contributed by atoms with Crippen molar-refractivity contribution in [3.63, 3.8) is 0 Å².